The lowest BCUT2D eigenvalue weighted by atomic mass is 10.2. The SMILES string of the molecule is NC(=O)N(C1=c2ccc(O)cc2=CC1=O)c1ccccc1Br. The van der Waals surface area contributed by atoms with Crippen LogP contribution >= 0.6 is 15.9 Å². The highest BCUT2D eigenvalue weighted by Gasteiger charge is 2.27. The number of fused-ring (bicyclic) bond motifs is 1. The van der Waals surface area contributed by atoms with Gasteiger partial charge in [0.2, 0.25) is 5.78 Å². The van der Waals surface area contributed by atoms with Crippen LogP contribution in [0.3, 0.4) is 0 Å². The van der Waals surface area contributed by atoms with Gasteiger partial charge in [0.05, 0.1) is 5.69 Å². The van der Waals surface area contributed by atoms with E-state index in [0.717, 1.165) is 0 Å². The Morgan fingerprint density at radius 1 is 1.18 bits per heavy atom. The number of primary amides is 1. The number of amides is 2. The van der Waals surface area contributed by atoms with Gasteiger partial charge in [0.15, 0.2) is 0 Å². The van der Waals surface area contributed by atoms with Crippen molar-refractivity contribution in [3.8, 4) is 5.75 Å². The third-order valence-electron chi connectivity index (χ3n) is 3.35. The van der Waals surface area contributed by atoms with Crippen molar-refractivity contribution in [1.82, 2.24) is 0 Å². The zero-order valence-electron chi connectivity index (χ0n) is 11.3. The van der Waals surface area contributed by atoms with E-state index in [2.05, 4.69) is 15.9 Å². The highest BCUT2D eigenvalue weighted by molar-refractivity contribution is 9.10. The molecule has 0 saturated heterocycles. The maximum absolute atomic E-state index is 12.3. The molecule has 3 rings (SSSR count). The predicted molar refractivity (Wildman–Crippen MR) is 86.4 cm³/mol. The summed E-state index contributed by atoms with van der Waals surface area (Å²) < 4.78 is 0.640. The fraction of sp³-hybridized carbons (Fsp3) is 0. The minimum Gasteiger partial charge on any atom is -0.508 e. The molecule has 2 aromatic rings. The van der Waals surface area contributed by atoms with E-state index < -0.39 is 6.03 Å². The summed E-state index contributed by atoms with van der Waals surface area (Å²) in [5, 5.41) is 10.6. The Morgan fingerprint density at radius 3 is 2.59 bits per heavy atom. The molecule has 0 saturated carbocycles. The summed E-state index contributed by atoms with van der Waals surface area (Å²) in [5.74, 6) is -0.286. The number of phenols is 1. The van der Waals surface area contributed by atoms with Crippen LogP contribution in [0.2, 0.25) is 0 Å². The second-order valence-electron chi connectivity index (χ2n) is 4.75. The number of carbonyl (C=O) groups is 2. The molecule has 6 heteroatoms. The first kappa shape index (κ1) is 14.3. The van der Waals surface area contributed by atoms with Crippen LogP contribution in [0.25, 0.3) is 11.8 Å². The summed E-state index contributed by atoms with van der Waals surface area (Å²) in [6.07, 6.45) is 1.37. The highest BCUT2D eigenvalue weighted by Crippen LogP contribution is 2.29. The Kier molecular flexibility index (Phi) is 3.46. The summed E-state index contributed by atoms with van der Waals surface area (Å²) in [6, 6.07) is 10.8. The molecule has 22 heavy (non-hydrogen) atoms. The van der Waals surface area contributed by atoms with Gasteiger partial charge in [-0.25, -0.2) is 4.79 Å². The van der Waals surface area contributed by atoms with Crippen molar-refractivity contribution in [2.24, 2.45) is 5.73 Å². The predicted octanol–water partition coefficient (Wildman–Crippen LogP) is 1.21. The van der Waals surface area contributed by atoms with Crippen LogP contribution in [0.4, 0.5) is 10.5 Å². The van der Waals surface area contributed by atoms with Gasteiger partial charge in [0, 0.05) is 9.69 Å². The molecule has 2 aromatic carbocycles. The van der Waals surface area contributed by atoms with E-state index in [9.17, 15) is 14.7 Å². The van der Waals surface area contributed by atoms with Crippen molar-refractivity contribution in [2.45, 2.75) is 0 Å². The molecule has 5 nitrogen and oxygen atoms in total. The van der Waals surface area contributed by atoms with Gasteiger partial charge in [-0.3, -0.25) is 9.69 Å². The van der Waals surface area contributed by atoms with Crippen LogP contribution in [0.15, 0.2) is 46.9 Å². The van der Waals surface area contributed by atoms with Crippen LogP contribution in [0.5, 0.6) is 5.75 Å². The van der Waals surface area contributed by atoms with Crippen LogP contribution < -0.4 is 21.1 Å². The second-order valence-corrected chi connectivity index (χ2v) is 5.61. The fourth-order valence-electron chi connectivity index (χ4n) is 2.44. The quantitative estimate of drug-likeness (QED) is 0.846. The number of nitrogens with zero attached hydrogens (tertiary/aromatic N) is 1. The molecule has 0 atom stereocenters. The highest BCUT2D eigenvalue weighted by atomic mass is 79.9. The first-order valence-electron chi connectivity index (χ1n) is 6.42. The molecule has 1 aliphatic rings. The smallest absolute Gasteiger partial charge is 0.324 e. The largest absolute Gasteiger partial charge is 0.508 e. The summed E-state index contributed by atoms with van der Waals surface area (Å²) >= 11 is 3.36. The maximum atomic E-state index is 12.3. The number of anilines is 1. The lowest BCUT2D eigenvalue weighted by molar-refractivity contribution is -0.108. The Morgan fingerprint density at radius 2 is 1.91 bits per heavy atom. The molecule has 0 bridgehead atoms. The number of nitrogens with two attached hydrogens (primary N) is 1. The zero-order valence-corrected chi connectivity index (χ0v) is 12.9. The number of Topliss-reactive ketones (excluding diaryl/α,β-unsaturated/α-hetero) is 1. The zero-order chi connectivity index (χ0) is 15.9. The maximum Gasteiger partial charge on any atom is 0.324 e. The van der Waals surface area contributed by atoms with E-state index in [1.807, 2.05) is 0 Å². The number of aromatic hydroxyl groups is 1. The minimum absolute atomic E-state index is 0.0515. The number of hydrogen-bond acceptors (Lipinski definition) is 3. The van der Waals surface area contributed by atoms with Gasteiger partial charge >= 0.3 is 6.03 Å². The number of carbonyl (C=O) groups excluding carboxylic acids is 2. The summed E-state index contributed by atoms with van der Waals surface area (Å²) in [7, 11) is 0. The van der Waals surface area contributed by atoms with Crippen LogP contribution in [-0.2, 0) is 4.79 Å². The average Bonchev–Trinajstić information content (AvgIpc) is 2.76. The van der Waals surface area contributed by atoms with Crippen molar-refractivity contribution in [2.75, 3.05) is 4.90 Å². The fourth-order valence-corrected chi connectivity index (χ4v) is 2.90. The van der Waals surface area contributed by atoms with Crippen molar-refractivity contribution in [3.05, 3.63) is 57.4 Å². The molecule has 0 heterocycles. The van der Waals surface area contributed by atoms with E-state index in [4.69, 9.17) is 5.73 Å². The van der Waals surface area contributed by atoms with Crippen LogP contribution in [0.1, 0.15) is 0 Å². The number of ketones is 1. The van der Waals surface area contributed by atoms with Gasteiger partial charge in [0.25, 0.3) is 0 Å². The Labute approximate surface area is 134 Å². The molecule has 1 aliphatic carbocycles. The van der Waals surface area contributed by atoms with Gasteiger partial charge in [-0.15, -0.1) is 0 Å². The van der Waals surface area contributed by atoms with E-state index in [-0.39, 0.29) is 17.2 Å². The van der Waals surface area contributed by atoms with E-state index in [0.29, 0.717) is 20.6 Å². The summed E-state index contributed by atoms with van der Waals surface area (Å²) in [6.45, 7) is 0. The third-order valence-corrected chi connectivity index (χ3v) is 4.02. The van der Waals surface area contributed by atoms with Gasteiger partial charge in [-0.1, -0.05) is 12.1 Å². The van der Waals surface area contributed by atoms with E-state index in [1.165, 1.54) is 23.1 Å². The number of rotatable bonds is 2. The molecule has 0 radical (unpaired) electrons. The lowest BCUT2D eigenvalue weighted by Crippen LogP contribution is -2.40. The Bertz CT molecular complexity index is 921. The van der Waals surface area contributed by atoms with Gasteiger partial charge < -0.3 is 10.8 Å². The normalized spacial score (nSPS) is 12.8. The molecule has 0 aromatic heterocycles. The molecule has 0 fully saturated rings. The number of hydrogen-bond donors (Lipinski definition) is 2. The number of halogens is 1. The number of benzene rings is 2. The lowest BCUT2D eigenvalue weighted by Gasteiger charge is -2.22. The molecule has 0 spiro atoms. The standard InChI is InChI=1S/C16H11BrN2O3/c17-12-3-1-2-4-13(12)19(16(18)22)15-11-6-5-10(20)7-9(11)8-14(15)21/h1-8,20H,(H2,18,22). The number of phenolic OH excluding ortho intramolecular Hbond substituents is 1. The monoisotopic (exact) mass is 358 g/mol. The Balaban J connectivity index is 2.31. The van der Waals surface area contributed by atoms with Crippen molar-refractivity contribution in [3.63, 3.8) is 0 Å². The van der Waals surface area contributed by atoms with Gasteiger partial charge in [-0.05, 0) is 57.6 Å². The van der Waals surface area contributed by atoms with Crippen molar-refractivity contribution >= 4 is 45.2 Å². The topological polar surface area (TPSA) is 83.6 Å². The number of urea groups is 1. The van der Waals surface area contributed by atoms with Crippen molar-refractivity contribution in [1.29, 1.82) is 0 Å². The van der Waals surface area contributed by atoms with Crippen LogP contribution in [-0.4, -0.2) is 16.9 Å². The molecular weight excluding hydrogens is 348 g/mol. The molecule has 3 N–H and O–H groups in total. The molecular formula is C16H11BrN2O3. The average molecular weight is 359 g/mol. The number of para-hydroxylation sites is 1. The first-order chi connectivity index (χ1) is 10.5. The first-order valence-corrected chi connectivity index (χ1v) is 7.22. The van der Waals surface area contributed by atoms with E-state index >= 15 is 0 Å². The van der Waals surface area contributed by atoms with Gasteiger partial charge in [-0.2, -0.15) is 0 Å². The van der Waals surface area contributed by atoms with Gasteiger partial charge in [0.1, 0.15) is 11.4 Å². The molecule has 110 valence electrons. The third kappa shape index (κ3) is 2.27. The molecule has 2 amide bonds. The summed E-state index contributed by atoms with van der Waals surface area (Å²) in [5.41, 5.74) is 6.15. The molecule has 0 aliphatic heterocycles. The Hall–Kier alpha value is -2.60. The molecule has 0 unspecified atom stereocenters. The van der Waals surface area contributed by atoms with E-state index in [1.54, 1.807) is 30.3 Å². The minimum atomic E-state index is -0.760. The van der Waals surface area contributed by atoms with Crippen molar-refractivity contribution < 1.29 is 14.7 Å². The van der Waals surface area contributed by atoms with Crippen LogP contribution in [0, 0.1) is 0 Å². The second kappa shape index (κ2) is 5.31. The summed E-state index contributed by atoms with van der Waals surface area (Å²) in [4.78, 5) is 25.5.